The molecule has 1 aliphatic heterocycles. The Hall–Kier alpha value is -3.24. The zero-order valence-corrected chi connectivity index (χ0v) is 14.8. The number of ether oxygens (including phenoxy) is 1. The van der Waals surface area contributed by atoms with Gasteiger partial charge in [0.1, 0.15) is 5.75 Å². The highest BCUT2D eigenvalue weighted by Crippen LogP contribution is 2.33. The molecular weight excluding hydrogens is 336 g/mol. The molecule has 27 heavy (non-hydrogen) atoms. The zero-order chi connectivity index (χ0) is 18.6. The van der Waals surface area contributed by atoms with Gasteiger partial charge in [-0.05, 0) is 11.6 Å². The molecule has 2 atom stereocenters. The molecule has 0 aliphatic carbocycles. The molecule has 0 spiro atoms. The number of nitrogens with one attached hydrogen (secondary N) is 2. The maximum Gasteiger partial charge on any atom is 0.218 e. The second-order valence-electron chi connectivity index (χ2n) is 6.53. The molecule has 0 amide bonds. The van der Waals surface area contributed by atoms with Crippen molar-refractivity contribution in [2.75, 3.05) is 0 Å². The summed E-state index contributed by atoms with van der Waals surface area (Å²) in [5.74, 6) is 0.581. The summed E-state index contributed by atoms with van der Waals surface area (Å²) in [5, 5.41) is 11.8. The number of hydrogen-bond donors (Lipinski definition) is 2. The number of hydrogen-bond acceptors (Lipinski definition) is 4. The fourth-order valence-electron chi connectivity index (χ4n) is 3.32. The molecule has 0 aromatic heterocycles. The lowest BCUT2D eigenvalue weighted by Gasteiger charge is -2.33. The van der Waals surface area contributed by atoms with Crippen molar-refractivity contribution in [3.05, 3.63) is 102 Å². The summed E-state index contributed by atoms with van der Waals surface area (Å²) in [6, 6.07) is 26.3. The Bertz CT molecular complexity index is 954. The topological polar surface area (TPSA) is 62.2 Å². The van der Waals surface area contributed by atoms with E-state index in [4.69, 9.17) is 10.1 Å². The Kier molecular flexibility index (Phi) is 4.81. The molecule has 3 aromatic rings. The first kappa shape index (κ1) is 17.2. The van der Waals surface area contributed by atoms with Crippen LogP contribution in [0.5, 0.6) is 5.75 Å². The first-order chi connectivity index (χ1) is 13.2. The standard InChI is InChI=1S/C23H20N2O2/c24-19(16-9-3-1-4-10-16)15-20-18-13-7-8-14-21(18)27-23(25-20)22(26)17-11-5-2-6-12-17/h1-14,20,23-25H,15H2. The number of rotatable bonds is 5. The van der Waals surface area contributed by atoms with Crippen LogP contribution in [-0.2, 0) is 0 Å². The van der Waals surface area contributed by atoms with E-state index < -0.39 is 6.23 Å². The van der Waals surface area contributed by atoms with Gasteiger partial charge in [0.2, 0.25) is 12.0 Å². The maximum atomic E-state index is 12.9. The second-order valence-corrected chi connectivity index (χ2v) is 6.53. The van der Waals surface area contributed by atoms with E-state index in [1.165, 1.54) is 0 Å². The quantitative estimate of drug-likeness (QED) is 0.527. The summed E-state index contributed by atoms with van der Waals surface area (Å²) in [6.07, 6.45) is -0.293. The fourth-order valence-corrected chi connectivity index (χ4v) is 3.32. The molecule has 1 heterocycles. The van der Waals surface area contributed by atoms with Crippen LogP contribution in [0.3, 0.4) is 0 Å². The minimum absolute atomic E-state index is 0.110. The molecule has 1 aliphatic rings. The van der Waals surface area contributed by atoms with Gasteiger partial charge >= 0.3 is 0 Å². The van der Waals surface area contributed by atoms with Crippen LogP contribution in [0.1, 0.15) is 33.9 Å². The van der Waals surface area contributed by atoms with Crippen LogP contribution in [-0.4, -0.2) is 17.7 Å². The Balaban J connectivity index is 1.60. The van der Waals surface area contributed by atoms with Gasteiger partial charge in [-0.25, -0.2) is 0 Å². The van der Waals surface area contributed by atoms with Crippen molar-refractivity contribution in [2.45, 2.75) is 18.7 Å². The van der Waals surface area contributed by atoms with Crippen molar-refractivity contribution < 1.29 is 9.53 Å². The third kappa shape index (κ3) is 3.66. The van der Waals surface area contributed by atoms with Crippen molar-refractivity contribution in [1.29, 1.82) is 5.41 Å². The Morgan fingerprint density at radius 1 is 0.852 bits per heavy atom. The van der Waals surface area contributed by atoms with Crippen LogP contribution in [0.4, 0.5) is 0 Å². The van der Waals surface area contributed by atoms with Crippen LogP contribution in [0.2, 0.25) is 0 Å². The number of ketones is 1. The van der Waals surface area contributed by atoms with Crippen LogP contribution in [0, 0.1) is 5.41 Å². The maximum absolute atomic E-state index is 12.9. The Morgan fingerprint density at radius 2 is 1.44 bits per heavy atom. The fraction of sp³-hybridized carbons (Fsp3) is 0.130. The molecule has 2 unspecified atom stereocenters. The highest BCUT2D eigenvalue weighted by Gasteiger charge is 2.32. The van der Waals surface area contributed by atoms with E-state index in [0.29, 0.717) is 23.4 Å². The molecular formula is C23H20N2O2. The SMILES string of the molecule is N=C(CC1NC(C(=O)c2ccccc2)Oc2ccccc21)c1ccccc1. The van der Waals surface area contributed by atoms with Crippen molar-refractivity contribution in [2.24, 2.45) is 0 Å². The molecule has 0 saturated heterocycles. The predicted molar refractivity (Wildman–Crippen MR) is 105 cm³/mol. The molecule has 0 bridgehead atoms. The molecule has 2 N–H and O–H groups in total. The highest BCUT2D eigenvalue weighted by atomic mass is 16.5. The summed E-state index contributed by atoms with van der Waals surface area (Å²) < 4.78 is 5.93. The summed E-state index contributed by atoms with van der Waals surface area (Å²) in [5.41, 5.74) is 2.98. The van der Waals surface area contributed by atoms with Gasteiger partial charge in [0.05, 0.1) is 0 Å². The molecule has 0 radical (unpaired) electrons. The van der Waals surface area contributed by atoms with Crippen LogP contribution in [0.15, 0.2) is 84.9 Å². The van der Waals surface area contributed by atoms with Crippen LogP contribution >= 0.6 is 0 Å². The summed E-state index contributed by atoms with van der Waals surface area (Å²) in [4.78, 5) is 12.9. The van der Waals surface area contributed by atoms with Gasteiger partial charge < -0.3 is 10.1 Å². The molecule has 134 valence electrons. The zero-order valence-electron chi connectivity index (χ0n) is 14.8. The average molecular weight is 356 g/mol. The highest BCUT2D eigenvalue weighted by molar-refractivity contribution is 6.00. The largest absolute Gasteiger partial charge is 0.467 e. The van der Waals surface area contributed by atoms with Crippen LogP contribution < -0.4 is 10.1 Å². The van der Waals surface area contributed by atoms with E-state index in [9.17, 15) is 4.79 Å². The average Bonchev–Trinajstić information content (AvgIpc) is 2.74. The third-order valence-electron chi connectivity index (χ3n) is 4.72. The predicted octanol–water partition coefficient (Wildman–Crippen LogP) is 4.38. The smallest absolute Gasteiger partial charge is 0.218 e. The number of carbonyl (C=O) groups is 1. The number of benzene rings is 3. The van der Waals surface area contributed by atoms with E-state index in [2.05, 4.69) is 5.32 Å². The van der Waals surface area contributed by atoms with Gasteiger partial charge in [0.25, 0.3) is 0 Å². The Morgan fingerprint density at radius 3 is 2.15 bits per heavy atom. The van der Waals surface area contributed by atoms with E-state index in [1.807, 2.05) is 72.8 Å². The van der Waals surface area contributed by atoms with Gasteiger partial charge in [0.15, 0.2) is 0 Å². The lowest BCUT2D eigenvalue weighted by atomic mass is 9.94. The monoisotopic (exact) mass is 356 g/mol. The second kappa shape index (κ2) is 7.56. The lowest BCUT2D eigenvalue weighted by molar-refractivity contribution is 0.0658. The van der Waals surface area contributed by atoms with Gasteiger partial charge in [0, 0.05) is 29.3 Å². The van der Waals surface area contributed by atoms with Crippen molar-refractivity contribution in [3.8, 4) is 5.75 Å². The molecule has 4 nitrogen and oxygen atoms in total. The summed E-state index contributed by atoms with van der Waals surface area (Å²) in [6.45, 7) is 0. The molecule has 0 saturated carbocycles. The van der Waals surface area contributed by atoms with E-state index in [0.717, 1.165) is 11.1 Å². The summed E-state index contributed by atoms with van der Waals surface area (Å²) in [7, 11) is 0. The lowest BCUT2D eigenvalue weighted by Crippen LogP contribution is -2.47. The number of fused-ring (bicyclic) bond motifs is 1. The number of para-hydroxylation sites is 1. The van der Waals surface area contributed by atoms with Crippen LogP contribution in [0.25, 0.3) is 0 Å². The minimum Gasteiger partial charge on any atom is -0.467 e. The first-order valence-electron chi connectivity index (χ1n) is 8.96. The molecule has 0 fully saturated rings. The van der Waals surface area contributed by atoms with Crippen molar-refractivity contribution in [1.82, 2.24) is 5.32 Å². The normalized spacial score (nSPS) is 18.2. The van der Waals surface area contributed by atoms with Gasteiger partial charge in [-0.15, -0.1) is 0 Å². The molecule has 3 aromatic carbocycles. The summed E-state index contributed by atoms with van der Waals surface area (Å²) >= 11 is 0. The third-order valence-corrected chi connectivity index (χ3v) is 4.72. The molecule has 4 rings (SSSR count). The number of Topliss-reactive ketones (excluding diaryl/α,β-unsaturated/α-hetero) is 1. The van der Waals surface area contributed by atoms with E-state index >= 15 is 0 Å². The Labute approximate surface area is 158 Å². The molecule has 4 heteroatoms. The van der Waals surface area contributed by atoms with Gasteiger partial charge in [-0.2, -0.15) is 0 Å². The minimum atomic E-state index is -0.768. The van der Waals surface area contributed by atoms with Crippen molar-refractivity contribution >= 4 is 11.5 Å². The van der Waals surface area contributed by atoms with E-state index in [1.54, 1.807) is 12.1 Å². The first-order valence-corrected chi connectivity index (χ1v) is 8.96. The number of carbonyl (C=O) groups excluding carboxylic acids is 1. The van der Waals surface area contributed by atoms with Crippen molar-refractivity contribution in [3.63, 3.8) is 0 Å². The van der Waals surface area contributed by atoms with E-state index in [-0.39, 0.29) is 11.8 Å². The van der Waals surface area contributed by atoms with Gasteiger partial charge in [-0.3, -0.25) is 10.1 Å². The van der Waals surface area contributed by atoms with Gasteiger partial charge in [-0.1, -0.05) is 78.9 Å².